The summed E-state index contributed by atoms with van der Waals surface area (Å²) < 4.78 is 32.1. The molecule has 0 aromatic heterocycles. The van der Waals surface area contributed by atoms with Crippen molar-refractivity contribution in [3.05, 3.63) is 29.3 Å². The smallest absolute Gasteiger partial charge is 0.200 e. The van der Waals surface area contributed by atoms with Gasteiger partial charge in [-0.15, -0.1) is 0 Å². The van der Waals surface area contributed by atoms with Crippen LogP contribution in [-0.4, -0.2) is 31.1 Å². The topological polar surface area (TPSA) is 12.5 Å². The third-order valence-electron chi connectivity index (χ3n) is 3.35. The van der Waals surface area contributed by atoms with Gasteiger partial charge in [-0.05, 0) is 44.5 Å². The van der Waals surface area contributed by atoms with Crippen LogP contribution in [0.3, 0.4) is 0 Å². The molecular formula is C14H19F2NO. The normalized spacial score (nSPS) is 16.8. The standard InChI is InChI=1S/C14H19F2NO/c1-11-5-6-12(14(16)13(11)15)18-10-9-17-7-3-2-4-8-17/h5-6H,2-4,7-10H2,1H3. The SMILES string of the molecule is Cc1ccc(OCCN2CCCCC2)c(F)c1F. The zero-order chi connectivity index (χ0) is 13.0. The van der Waals surface area contributed by atoms with Gasteiger partial charge in [0.1, 0.15) is 6.61 Å². The molecule has 0 bridgehead atoms. The van der Waals surface area contributed by atoms with E-state index in [1.165, 1.54) is 38.3 Å². The van der Waals surface area contributed by atoms with Gasteiger partial charge < -0.3 is 4.74 Å². The Hall–Kier alpha value is -1.16. The summed E-state index contributed by atoms with van der Waals surface area (Å²) in [6.07, 6.45) is 3.72. The number of likely N-dealkylation sites (tertiary alicyclic amines) is 1. The van der Waals surface area contributed by atoms with E-state index in [2.05, 4.69) is 4.90 Å². The van der Waals surface area contributed by atoms with E-state index < -0.39 is 11.6 Å². The summed E-state index contributed by atoms with van der Waals surface area (Å²) in [5, 5.41) is 0. The molecule has 0 saturated carbocycles. The Bertz CT molecular complexity index is 403. The highest BCUT2D eigenvalue weighted by Gasteiger charge is 2.13. The van der Waals surface area contributed by atoms with Gasteiger partial charge in [0.05, 0.1) is 0 Å². The number of aryl methyl sites for hydroxylation is 1. The number of hydrogen-bond acceptors (Lipinski definition) is 2. The lowest BCUT2D eigenvalue weighted by Gasteiger charge is -2.26. The molecule has 1 fully saturated rings. The minimum atomic E-state index is -0.881. The molecule has 18 heavy (non-hydrogen) atoms. The van der Waals surface area contributed by atoms with Gasteiger partial charge >= 0.3 is 0 Å². The molecule has 1 saturated heterocycles. The van der Waals surface area contributed by atoms with Crippen LogP contribution < -0.4 is 4.74 Å². The molecule has 1 aromatic rings. The van der Waals surface area contributed by atoms with Crippen LogP contribution in [0.2, 0.25) is 0 Å². The van der Waals surface area contributed by atoms with Crippen molar-refractivity contribution in [2.75, 3.05) is 26.2 Å². The van der Waals surface area contributed by atoms with Crippen LogP contribution in [0.5, 0.6) is 5.75 Å². The fraction of sp³-hybridized carbons (Fsp3) is 0.571. The summed E-state index contributed by atoms with van der Waals surface area (Å²) in [5.41, 5.74) is 0.302. The van der Waals surface area contributed by atoms with Crippen LogP contribution in [0.4, 0.5) is 8.78 Å². The fourth-order valence-electron chi connectivity index (χ4n) is 2.21. The lowest BCUT2D eigenvalue weighted by atomic mass is 10.1. The molecule has 1 heterocycles. The third kappa shape index (κ3) is 3.19. The summed E-state index contributed by atoms with van der Waals surface area (Å²) >= 11 is 0. The summed E-state index contributed by atoms with van der Waals surface area (Å²) in [6.45, 7) is 4.87. The summed E-state index contributed by atoms with van der Waals surface area (Å²) in [7, 11) is 0. The molecule has 0 spiro atoms. The number of ether oxygens (including phenoxy) is 1. The van der Waals surface area contributed by atoms with Gasteiger partial charge in [0.15, 0.2) is 11.6 Å². The maximum Gasteiger partial charge on any atom is 0.200 e. The van der Waals surface area contributed by atoms with Gasteiger partial charge in [0.2, 0.25) is 5.82 Å². The summed E-state index contributed by atoms with van der Waals surface area (Å²) in [4.78, 5) is 2.30. The molecule has 0 amide bonds. The molecule has 1 aliphatic heterocycles. The zero-order valence-electron chi connectivity index (χ0n) is 10.7. The number of nitrogens with zero attached hydrogens (tertiary/aromatic N) is 1. The molecule has 0 N–H and O–H groups in total. The highest BCUT2D eigenvalue weighted by molar-refractivity contribution is 5.30. The van der Waals surface area contributed by atoms with Crippen molar-refractivity contribution >= 4 is 0 Å². The first-order valence-corrected chi connectivity index (χ1v) is 6.48. The predicted molar refractivity (Wildman–Crippen MR) is 66.9 cm³/mol. The molecule has 0 atom stereocenters. The number of benzene rings is 1. The van der Waals surface area contributed by atoms with Crippen molar-refractivity contribution in [3.8, 4) is 5.75 Å². The van der Waals surface area contributed by atoms with E-state index >= 15 is 0 Å². The third-order valence-corrected chi connectivity index (χ3v) is 3.35. The Labute approximate surface area is 107 Å². The van der Waals surface area contributed by atoms with Gasteiger partial charge in [-0.25, -0.2) is 4.39 Å². The quantitative estimate of drug-likeness (QED) is 0.819. The van der Waals surface area contributed by atoms with Gasteiger partial charge in [0.25, 0.3) is 0 Å². The number of piperidine rings is 1. The molecule has 100 valence electrons. The number of halogens is 2. The molecule has 2 nitrogen and oxygen atoms in total. The van der Waals surface area contributed by atoms with Gasteiger partial charge in [0, 0.05) is 6.54 Å². The molecule has 4 heteroatoms. The van der Waals surface area contributed by atoms with Crippen molar-refractivity contribution < 1.29 is 13.5 Å². The van der Waals surface area contributed by atoms with E-state index in [0.29, 0.717) is 12.2 Å². The van der Waals surface area contributed by atoms with E-state index in [1.807, 2.05) is 0 Å². The first-order chi connectivity index (χ1) is 8.68. The highest BCUT2D eigenvalue weighted by Crippen LogP contribution is 2.22. The Balaban J connectivity index is 1.84. The van der Waals surface area contributed by atoms with Crippen LogP contribution in [0, 0.1) is 18.6 Å². The second-order valence-corrected chi connectivity index (χ2v) is 4.76. The predicted octanol–water partition coefficient (Wildman–Crippen LogP) is 3.14. The molecular weight excluding hydrogens is 236 g/mol. The average Bonchev–Trinajstić information content (AvgIpc) is 2.40. The molecule has 0 aliphatic carbocycles. The zero-order valence-corrected chi connectivity index (χ0v) is 10.7. The Morgan fingerprint density at radius 2 is 1.83 bits per heavy atom. The van der Waals surface area contributed by atoms with Crippen molar-refractivity contribution in [1.82, 2.24) is 4.90 Å². The van der Waals surface area contributed by atoms with E-state index in [9.17, 15) is 8.78 Å². The molecule has 2 rings (SSSR count). The lowest BCUT2D eigenvalue weighted by molar-refractivity contribution is 0.179. The monoisotopic (exact) mass is 255 g/mol. The van der Waals surface area contributed by atoms with Crippen LogP contribution in [-0.2, 0) is 0 Å². The van der Waals surface area contributed by atoms with Gasteiger partial charge in [-0.1, -0.05) is 12.5 Å². The maximum absolute atomic E-state index is 13.5. The largest absolute Gasteiger partial charge is 0.489 e. The number of rotatable bonds is 4. The first kappa shape index (κ1) is 13.3. The van der Waals surface area contributed by atoms with Crippen molar-refractivity contribution in [2.45, 2.75) is 26.2 Å². The second kappa shape index (κ2) is 6.14. The minimum Gasteiger partial charge on any atom is -0.489 e. The molecule has 1 aromatic carbocycles. The van der Waals surface area contributed by atoms with Crippen molar-refractivity contribution in [1.29, 1.82) is 0 Å². The van der Waals surface area contributed by atoms with Crippen LogP contribution in [0.25, 0.3) is 0 Å². The molecule has 1 aliphatic rings. The summed E-state index contributed by atoms with van der Waals surface area (Å²) in [5.74, 6) is -1.69. The van der Waals surface area contributed by atoms with E-state index in [1.54, 1.807) is 0 Å². The summed E-state index contributed by atoms with van der Waals surface area (Å²) in [6, 6.07) is 3.03. The molecule has 0 unspecified atom stereocenters. The average molecular weight is 255 g/mol. The van der Waals surface area contributed by atoms with Gasteiger partial charge in [-0.3, -0.25) is 4.90 Å². The Kier molecular flexibility index (Phi) is 4.53. The van der Waals surface area contributed by atoms with Crippen LogP contribution in [0.1, 0.15) is 24.8 Å². The Morgan fingerprint density at radius 1 is 1.11 bits per heavy atom. The first-order valence-electron chi connectivity index (χ1n) is 6.48. The second-order valence-electron chi connectivity index (χ2n) is 4.76. The van der Waals surface area contributed by atoms with Crippen LogP contribution in [0.15, 0.2) is 12.1 Å². The van der Waals surface area contributed by atoms with E-state index in [-0.39, 0.29) is 5.75 Å². The molecule has 0 radical (unpaired) electrons. The Morgan fingerprint density at radius 3 is 2.56 bits per heavy atom. The van der Waals surface area contributed by atoms with Crippen molar-refractivity contribution in [2.24, 2.45) is 0 Å². The maximum atomic E-state index is 13.5. The fourth-order valence-corrected chi connectivity index (χ4v) is 2.21. The number of hydrogen-bond donors (Lipinski definition) is 0. The van der Waals surface area contributed by atoms with Crippen LogP contribution >= 0.6 is 0 Å². The lowest BCUT2D eigenvalue weighted by Crippen LogP contribution is -2.33. The highest BCUT2D eigenvalue weighted by atomic mass is 19.2. The van der Waals surface area contributed by atoms with E-state index in [4.69, 9.17) is 4.74 Å². The van der Waals surface area contributed by atoms with Crippen molar-refractivity contribution in [3.63, 3.8) is 0 Å². The van der Waals surface area contributed by atoms with Gasteiger partial charge in [-0.2, -0.15) is 4.39 Å². The minimum absolute atomic E-state index is 0.00936. The van der Waals surface area contributed by atoms with E-state index in [0.717, 1.165) is 19.6 Å².